The summed E-state index contributed by atoms with van der Waals surface area (Å²) >= 11 is 3.44. The van der Waals surface area contributed by atoms with Crippen LogP contribution in [-0.2, 0) is 13.5 Å². The van der Waals surface area contributed by atoms with Crippen molar-refractivity contribution in [3.63, 3.8) is 0 Å². The SMILES string of the molecule is Cn1cc(Br)cc1C(=O)N1CCCC1Cc1ccccc1. The Hall–Kier alpha value is -1.55. The van der Waals surface area contributed by atoms with Crippen molar-refractivity contribution in [3.05, 3.63) is 58.3 Å². The van der Waals surface area contributed by atoms with Gasteiger partial charge in [-0.25, -0.2) is 0 Å². The van der Waals surface area contributed by atoms with E-state index in [0.717, 1.165) is 36.0 Å². The molecule has 0 N–H and O–H groups in total. The minimum absolute atomic E-state index is 0.140. The first-order valence-corrected chi connectivity index (χ1v) is 8.11. The fourth-order valence-corrected chi connectivity index (χ4v) is 3.61. The Morgan fingerprint density at radius 1 is 1.33 bits per heavy atom. The van der Waals surface area contributed by atoms with Crippen LogP contribution in [0, 0.1) is 0 Å². The van der Waals surface area contributed by atoms with Crippen LogP contribution in [0.5, 0.6) is 0 Å². The van der Waals surface area contributed by atoms with Crippen molar-refractivity contribution in [2.45, 2.75) is 25.3 Å². The Morgan fingerprint density at radius 3 is 2.76 bits per heavy atom. The van der Waals surface area contributed by atoms with Gasteiger partial charge in [0.1, 0.15) is 5.69 Å². The van der Waals surface area contributed by atoms with Crippen molar-refractivity contribution in [1.29, 1.82) is 0 Å². The van der Waals surface area contributed by atoms with E-state index in [9.17, 15) is 4.79 Å². The van der Waals surface area contributed by atoms with Crippen LogP contribution in [0.2, 0.25) is 0 Å². The molecule has 1 atom stereocenters. The first-order chi connectivity index (χ1) is 10.1. The van der Waals surface area contributed by atoms with E-state index in [4.69, 9.17) is 0 Å². The monoisotopic (exact) mass is 346 g/mol. The fourth-order valence-electron chi connectivity index (χ4n) is 3.09. The van der Waals surface area contributed by atoms with Crippen LogP contribution in [0.1, 0.15) is 28.9 Å². The van der Waals surface area contributed by atoms with Gasteiger partial charge in [0, 0.05) is 30.3 Å². The molecule has 1 aromatic carbocycles. The smallest absolute Gasteiger partial charge is 0.270 e. The highest BCUT2D eigenvalue weighted by Gasteiger charge is 2.30. The third-order valence-corrected chi connectivity index (χ3v) is 4.58. The number of aryl methyl sites for hydroxylation is 1. The van der Waals surface area contributed by atoms with Gasteiger partial charge in [0.15, 0.2) is 0 Å². The van der Waals surface area contributed by atoms with Crippen molar-refractivity contribution in [3.8, 4) is 0 Å². The molecule has 1 fully saturated rings. The molecular formula is C17H19BrN2O. The average Bonchev–Trinajstić information content (AvgIpc) is 3.06. The molecule has 0 saturated carbocycles. The van der Waals surface area contributed by atoms with Gasteiger partial charge in [0.05, 0.1) is 0 Å². The summed E-state index contributed by atoms with van der Waals surface area (Å²) in [7, 11) is 1.92. The summed E-state index contributed by atoms with van der Waals surface area (Å²) < 4.78 is 2.84. The van der Waals surface area contributed by atoms with Gasteiger partial charge in [-0.15, -0.1) is 0 Å². The number of rotatable bonds is 3. The molecule has 3 nitrogen and oxygen atoms in total. The van der Waals surface area contributed by atoms with Gasteiger partial charge in [0.2, 0.25) is 0 Å². The van der Waals surface area contributed by atoms with E-state index in [2.05, 4.69) is 40.2 Å². The minimum atomic E-state index is 0.140. The molecule has 0 spiro atoms. The molecular weight excluding hydrogens is 328 g/mol. The number of amides is 1. The summed E-state index contributed by atoms with van der Waals surface area (Å²) in [5, 5.41) is 0. The molecule has 0 radical (unpaired) electrons. The van der Waals surface area contributed by atoms with Crippen LogP contribution < -0.4 is 0 Å². The predicted molar refractivity (Wildman–Crippen MR) is 87.3 cm³/mol. The number of hydrogen-bond acceptors (Lipinski definition) is 1. The summed E-state index contributed by atoms with van der Waals surface area (Å²) in [6.07, 6.45) is 5.05. The Balaban J connectivity index is 1.77. The number of likely N-dealkylation sites (tertiary alicyclic amines) is 1. The molecule has 1 amide bonds. The number of benzene rings is 1. The number of nitrogens with zero attached hydrogens (tertiary/aromatic N) is 2. The fraction of sp³-hybridized carbons (Fsp3) is 0.353. The molecule has 0 bridgehead atoms. The van der Waals surface area contributed by atoms with Crippen LogP contribution in [0.4, 0.5) is 0 Å². The van der Waals surface area contributed by atoms with E-state index in [-0.39, 0.29) is 5.91 Å². The molecule has 0 aliphatic carbocycles. The number of halogens is 1. The van der Waals surface area contributed by atoms with Crippen LogP contribution in [-0.4, -0.2) is 28.0 Å². The molecule has 2 heterocycles. The zero-order valence-corrected chi connectivity index (χ0v) is 13.7. The third kappa shape index (κ3) is 3.05. The highest BCUT2D eigenvalue weighted by Crippen LogP contribution is 2.24. The highest BCUT2D eigenvalue weighted by atomic mass is 79.9. The zero-order chi connectivity index (χ0) is 14.8. The summed E-state index contributed by atoms with van der Waals surface area (Å²) in [6, 6.07) is 12.6. The van der Waals surface area contributed by atoms with E-state index in [1.54, 1.807) is 0 Å². The van der Waals surface area contributed by atoms with Crippen LogP contribution in [0.25, 0.3) is 0 Å². The van der Waals surface area contributed by atoms with E-state index in [0.29, 0.717) is 6.04 Å². The summed E-state index contributed by atoms with van der Waals surface area (Å²) in [5.74, 6) is 0.140. The molecule has 1 aliphatic heterocycles. The lowest BCUT2D eigenvalue weighted by atomic mass is 10.0. The quantitative estimate of drug-likeness (QED) is 0.832. The molecule has 1 aromatic heterocycles. The van der Waals surface area contributed by atoms with Gasteiger partial charge < -0.3 is 9.47 Å². The van der Waals surface area contributed by atoms with Crippen LogP contribution in [0.3, 0.4) is 0 Å². The first kappa shape index (κ1) is 14.4. The Morgan fingerprint density at radius 2 is 2.10 bits per heavy atom. The average molecular weight is 347 g/mol. The third-order valence-electron chi connectivity index (χ3n) is 4.14. The Labute approximate surface area is 133 Å². The van der Waals surface area contributed by atoms with Crippen LogP contribution in [0.15, 0.2) is 47.1 Å². The summed E-state index contributed by atoms with van der Waals surface area (Å²) in [6.45, 7) is 0.860. The van der Waals surface area contributed by atoms with E-state index in [1.165, 1.54) is 5.56 Å². The summed E-state index contributed by atoms with van der Waals surface area (Å²) in [4.78, 5) is 14.8. The molecule has 110 valence electrons. The van der Waals surface area contributed by atoms with Crippen molar-refractivity contribution < 1.29 is 4.79 Å². The molecule has 1 unspecified atom stereocenters. The lowest BCUT2D eigenvalue weighted by Gasteiger charge is -2.25. The van der Waals surface area contributed by atoms with E-state index >= 15 is 0 Å². The Kier molecular flexibility index (Phi) is 4.15. The van der Waals surface area contributed by atoms with Gasteiger partial charge in [0.25, 0.3) is 5.91 Å². The standard InChI is InChI=1S/C17H19BrN2O/c1-19-12-14(18)11-16(19)17(21)20-9-5-8-15(20)10-13-6-3-2-4-7-13/h2-4,6-7,11-12,15H,5,8-10H2,1H3. The van der Waals surface area contributed by atoms with Crippen molar-refractivity contribution in [1.82, 2.24) is 9.47 Å². The molecule has 2 aromatic rings. The van der Waals surface area contributed by atoms with E-state index < -0.39 is 0 Å². The van der Waals surface area contributed by atoms with Crippen molar-refractivity contribution in [2.24, 2.45) is 7.05 Å². The minimum Gasteiger partial charge on any atom is -0.345 e. The highest BCUT2D eigenvalue weighted by molar-refractivity contribution is 9.10. The largest absolute Gasteiger partial charge is 0.345 e. The molecule has 21 heavy (non-hydrogen) atoms. The van der Waals surface area contributed by atoms with Gasteiger partial charge in [-0.05, 0) is 46.8 Å². The lowest BCUT2D eigenvalue weighted by Crippen LogP contribution is -2.37. The Bertz CT molecular complexity index is 635. The number of aromatic nitrogens is 1. The topological polar surface area (TPSA) is 25.2 Å². The maximum absolute atomic E-state index is 12.8. The first-order valence-electron chi connectivity index (χ1n) is 7.32. The predicted octanol–water partition coefficient (Wildman–Crippen LogP) is 3.63. The van der Waals surface area contributed by atoms with Crippen LogP contribution >= 0.6 is 15.9 Å². The normalized spacial score (nSPS) is 18.2. The zero-order valence-electron chi connectivity index (χ0n) is 12.1. The number of carbonyl (C=O) groups excluding carboxylic acids is 1. The van der Waals surface area contributed by atoms with Gasteiger partial charge in [-0.2, -0.15) is 0 Å². The molecule has 1 aliphatic rings. The number of carbonyl (C=O) groups is 1. The second-order valence-corrected chi connectivity index (χ2v) is 6.55. The maximum Gasteiger partial charge on any atom is 0.270 e. The van der Waals surface area contributed by atoms with Gasteiger partial charge in [-0.3, -0.25) is 4.79 Å². The molecule has 4 heteroatoms. The summed E-state index contributed by atoms with van der Waals surface area (Å²) in [5.41, 5.74) is 2.05. The maximum atomic E-state index is 12.8. The molecule has 3 rings (SSSR count). The van der Waals surface area contributed by atoms with Gasteiger partial charge >= 0.3 is 0 Å². The van der Waals surface area contributed by atoms with Crippen molar-refractivity contribution in [2.75, 3.05) is 6.54 Å². The number of hydrogen-bond donors (Lipinski definition) is 0. The lowest BCUT2D eigenvalue weighted by molar-refractivity contribution is 0.0727. The molecule has 1 saturated heterocycles. The second kappa shape index (κ2) is 6.06. The van der Waals surface area contributed by atoms with E-state index in [1.807, 2.05) is 34.8 Å². The van der Waals surface area contributed by atoms with Gasteiger partial charge in [-0.1, -0.05) is 30.3 Å². The second-order valence-electron chi connectivity index (χ2n) is 5.64. The van der Waals surface area contributed by atoms with Crippen molar-refractivity contribution >= 4 is 21.8 Å².